The minimum atomic E-state index is -0.486. The molecule has 0 saturated heterocycles. The molecule has 4 aromatic carbocycles. The number of pyridine rings is 2. The zero-order valence-electron chi connectivity index (χ0n) is 27.2. The lowest BCUT2D eigenvalue weighted by Crippen LogP contribution is -2.14. The Morgan fingerprint density at radius 3 is 1.12 bits per heavy atom. The summed E-state index contributed by atoms with van der Waals surface area (Å²) in [6.45, 7) is 4.03. The molecule has 49 heavy (non-hydrogen) atoms. The first kappa shape index (κ1) is 31.9. The van der Waals surface area contributed by atoms with Crippen molar-refractivity contribution in [3.05, 3.63) is 178 Å². The summed E-state index contributed by atoms with van der Waals surface area (Å²) in [6, 6.07) is 44.4. The van der Waals surface area contributed by atoms with Gasteiger partial charge in [-0.05, 0) is 48.2 Å². The van der Waals surface area contributed by atoms with E-state index in [1.807, 2.05) is 84.9 Å². The standard InChI is InChI=1S/C42H34N2O4S/c1-3-47-41(45)31-25-33-37(39(43-31)35(27-17-9-5-10-18-27)28-19-11-6-12-20-28)38-34(49-33)26-32(42(46)48-4-2)44-40(38)36(29-21-13-7-14-22-29)30-23-15-8-16-24-30/h5-26,35-36H,3-4H2,1-2H3. The molecule has 0 atom stereocenters. The fraction of sp³-hybridized carbons (Fsp3) is 0.143. The third-order valence-corrected chi connectivity index (χ3v) is 9.62. The van der Waals surface area contributed by atoms with Gasteiger partial charge in [0.25, 0.3) is 0 Å². The van der Waals surface area contributed by atoms with E-state index in [1.165, 1.54) is 11.3 Å². The molecule has 0 aliphatic rings. The first-order valence-electron chi connectivity index (χ1n) is 16.4. The van der Waals surface area contributed by atoms with E-state index in [0.29, 0.717) is 0 Å². The Morgan fingerprint density at radius 1 is 0.531 bits per heavy atom. The Labute approximate surface area is 289 Å². The molecule has 0 N–H and O–H groups in total. The van der Waals surface area contributed by atoms with Crippen molar-refractivity contribution in [2.45, 2.75) is 25.7 Å². The second-order valence-electron chi connectivity index (χ2n) is 11.6. The van der Waals surface area contributed by atoms with Gasteiger partial charge in [-0.2, -0.15) is 0 Å². The summed E-state index contributed by atoms with van der Waals surface area (Å²) in [4.78, 5) is 37.0. The van der Waals surface area contributed by atoms with Gasteiger partial charge in [0.05, 0.1) is 36.4 Å². The molecule has 3 aromatic heterocycles. The first-order valence-corrected chi connectivity index (χ1v) is 17.2. The number of ether oxygens (including phenoxy) is 2. The Kier molecular flexibility index (Phi) is 9.26. The largest absolute Gasteiger partial charge is 0.461 e. The molecule has 0 bridgehead atoms. The second kappa shape index (κ2) is 14.2. The number of benzene rings is 4. The van der Waals surface area contributed by atoms with Gasteiger partial charge in [-0.1, -0.05) is 121 Å². The summed E-state index contributed by atoms with van der Waals surface area (Å²) in [5.41, 5.74) is 6.02. The molecule has 0 fully saturated rings. The van der Waals surface area contributed by atoms with Crippen molar-refractivity contribution in [1.82, 2.24) is 9.97 Å². The maximum atomic E-state index is 13.4. The van der Waals surface area contributed by atoms with Gasteiger partial charge in [-0.25, -0.2) is 19.6 Å². The molecular weight excluding hydrogens is 629 g/mol. The van der Waals surface area contributed by atoms with Crippen LogP contribution in [0.25, 0.3) is 20.2 Å². The highest BCUT2D eigenvalue weighted by Gasteiger charge is 2.30. The van der Waals surface area contributed by atoms with E-state index in [2.05, 4.69) is 48.5 Å². The van der Waals surface area contributed by atoms with Crippen LogP contribution in [0.3, 0.4) is 0 Å². The summed E-state index contributed by atoms with van der Waals surface area (Å²) < 4.78 is 12.7. The highest BCUT2D eigenvalue weighted by atomic mass is 32.1. The lowest BCUT2D eigenvalue weighted by molar-refractivity contribution is 0.0510. The van der Waals surface area contributed by atoms with Crippen molar-refractivity contribution < 1.29 is 19.1 Å². The highest BCUT2D eigenvalue weighted by molar-refractivity contribution is 7.25. The highest BCUT2D eigenvalue weighted by Crippen LogP contribution is 2.46. The number of esters is 2. The SMILES string of the molecule is CCOC(=O)c1cc2sc3cc(C(=O)OCC)nc(C(c4ccccc4)c4ccccc4)c3c2c(C(c2ccccc2)c2ccccc2)n1. The number of hydrogen-bond acceptors (Lipinski definition) is 7. The molecule has 3 heterocycles. The van der Waals surface area contributed by atoms with E-state index in [1.54, 1.807) is 13.8 Å². The Morgan fingerprint density at radius 2 is 0.837 bits per heavy atom. The molecular formula is C42H34N2O4S. The van der Waals surface area contributed by atoms with Crippen molar-refractivity contribution >= 4 is 43.4 Å². The summed E-state index contributed by atoms with van der Waals surface area (Å²) in [5.74, 6) is -1.61. The molecule has 0 radical (unpaired) electrons. The van der Waals surface area contributed by atoms with Crippen LogP contribution in [0.1, 0.15) is 80.3 Å². The number of carbonyl (C=O) groups excluding carboxylic acids is 2. The molecule has 0 amide bonds. The van der Waals surface area contributed by atoms with E-state index < -0.39 is 11.9 Å². The Balaban J connectivity index is 1.64. The van der Waals surface area contributed by atoms with Gasteiger partial charge < -0.3 is 9.47 Å². The predicted molar refractivity (Wildman–Crippen MR) is 194 cm³/mol. The van der Waals surface area contributed by atoms with Crippen molar-refractivity contribution in [2.75, 3.05) is 13.2 Å². The maximum Gasteiger partial charge on any atom is 0.356 e. The number of hydrogen-bond donors (Lipinski definition) is 0. The number of carbonyl (C=O) groups is 2. The molecule has 7 aromatic rings. The number of fused-ring (bicyclic) bond motifs is 3. The molecule has 242 valence electrons. The average molecular weight is 663 g/mol. The Hall–Kier alpha value is -5.66. The quantitative estimate of drug-likeness (QED) is 0.136. The number of aromatic nitrogens is 2. The molecule has 0 saturated carbocycles. The zero-order chi connectivity index (χ0) is 33.7. The van der Waals surface area contributed by atoms with Crippen molar-refractivity contribution in [3.8, 4) is 0 Å². The third-order valence-electron chi connectivity index (χ3n) is 8.54. The number of nitrogens with zero attached hydrogens (tertiary/aromatic N) is 2. The second-order valence-corrected chi connectivity index (χ2v) is 12.7. The molecule has 0 unspecified atom stereocenters. The summed E-state index contributed by atoms with van der Waals surface area (Å²) >= 11 is 1.51. The van der Waals surface area contributed by atoms with Gasteiger partial charge in [-0.3, -0.25) is 0 Å². The van der Waals surface area contributed by atoms with Crippen molar-refractivity contribution in [3.63, 3.8) is 0 Å². The van der Waals surface area contributed by atoms with Crippen LogP contribution in [0.15, 0.2) is 133 Å². The normalized spacial score (nSPS) is 11.3. The fourth-order valence-corrected chi connectivity index (χ4v) is 7.69. The van der Waals surface area contributed by atoms with E-state index in [-0.39, 0.29) is 36.4 Å². The molecule has 0 aliphatic carbocycles. The van der Waals surface area contributed by atoms with Crippen LogP contribution in [0.2, 0.25) is 0 Å². The minimum absolute atomic E-state index is 0.230. The molecule has 0 aliphatic heterocycles. The van der Waals surface area contributed by atoms with Gasteiger partial charge in [0.15, 0.2) is 0 Å². The van der Waals surface area contributed by atoms with Crippen LogP contribution < -0.4 is 0 Å². The van der Waals surface area contributed by atoms with Gasteiger partial charge in [0, 0.05) is 20.2 Å². The lowest BCUT2D eigenvalue weighted by Gasteiger charge is -2.22. The van der Waals surface area contributed by atoms with E-state index in [4.69, 9.17) is 19.4 Å². The van der Waals surface area contributed by atoms with Crippen LogP contribution in [0.5, 0.6) is 0 Å². The lowest BCUT2D eigenvalue weighted by atomic mass is 9.83. The van der Waals surface area contributed by atoms with Crippen molar-refractivity contribution in [2.24, 2.45) is 0 Å². The molecule has 7 rings (SSSR count). The van der Waals surface area contributed by atoms with Gasteiger partial charge >= 0.3 is 11.9 Å². The van der Waals surface area contributed by atoms with E-state index in [0.717, 1.165) is 53.8 Å². The number of thiophene rings is 1. The zero-order valence-corrected chi connectivity index (χ0v) is 28.0. The number of rotatable bonds is 10. The topological polar surface area (TPSA) is 78.4 Å². The summed E-state index contributed by atoms with van der Waals surface area (Å²) in [5, 5.41) is 1.78. The van der Waals surface area contributed by atoms with Crippen LogP contribution >= 0.6 is 11.3 Å². The van der Waals surface area contributed by atoms with Gasteiger partial charge in [-0.15, -0.1) is 11.3 Å². The smallest absolute Gasteiger partial charge is 0.356 e. The summed E-state index contributed by atoms with van der Waals surface area (Å²) in [7, 11) is 0. The Bertz CT molecular complexity index is 2000. The maximum absolute atomic E-state index is 13.4. The van der Waals surface area contributed by atoms with Crippen LogP contribution in [0.4, 0.5) is 0 Å². The summed E-state index contributed by atoms with van der Waals surface area (Å²) in [6.07, 6.45) is 0. The van der Waals surface area contributed by atoms with E-state index >= 15 is 0 Å². The first-order chi connectivity index (χ1) is 24.1. The van der Waals surface area contributed by atoms with Crippen LogP contribution in [-0.4, -0.2) is 35.1 Å². The molecule has 6 nitrogen and oxygen atoms in total. The molecule has 7 heteroatoms. The third kappa shape index (κ3) is 6.33. The fourth-order valence-electron chi connectivity index (χ4n) is 6.50. The minimum Gasteiger partial charge on any atom is -0.461 e. The van der Waals surface area contributed by atoms with E-state index in [9.17, 15) is 9.59 Å². The predicted octanol–water partition coefficient (Wildman–Crippen LogP) is 9.56. The van der Waals surface area contributed by atoms with Gasteiger partial charge in [0.2, 0.25) is 0 Å². The monoisotopic (exact) mass is 662 g/mol. The molecule has 0 spiro atoms. The van der Waals surface area contributed by atoms with Crippen molar-refractivity contribution in [1.29, 1.82) is 0 Å². The van der Waals surface area contributed by atoms with Gasteiger partial charge in [0.1, 0.15) is 11.4 Å². The van der Waals surface area contributed by atoms with Crippen LogP contribution in [0, 0.1) is 0 Å². The average Bonchev–Trinajstić information content (AvgIpc) is 3.53. The van der Waals surface area contributed by atoms with Crippen LogP contribution in [-0.2, 0) is 9.47 Å².